The van der Waals surface area contributed by atoms with Crippen LogP contribution >= 0.6 is 0 Å². The number of esters is 2. The molecule has 25 heteroatoms. The number of cyclic esters (lactones) is 1. The Bertz CT molecular complexity index is 2510. The molecular formula is C63H108N4O20S. The fraction of sp³-hybridized carbons (Fsp3) is 0.825. The van der Waals surface area contributed by atoms with Gasteiger partial charge in [0.15, 0.2) is 30.3 Å². The summed E-state index contributed by atoms with van der Waals surface area (Å²) in [5, 5.41) is 29.9. The second kappa shape index (κ2) is 33.6. The molecule has 0 saturated carbocycles. The fourth-order valence-electron chi connectivity index (χ4n) is 12.3. The highest BCUT2D eigenvalue weighted by Crippen LogP contribution is 2.41. The molecule has 4 aliphatic rings. The number of alkyl carbamates (subject to hydrolysis) is 1. The summed E-state index contributed by atoms with van der Waals surface area (Å²) >= 11 is 0. The van der Waals surface area contributed by atoms with Gasteiger partial charge in [0.25, 0.3) is 0 Å². The van der Waals surface area contributed by atoms with E-state index in [0.29, 0.717) is 13.0 Å². The van der Waals surface area contributed by atoms with Crippen molar-refractivity contribution in [1.29, 1.82) is 0 Å². The number of amides is 1. The van der Waals surface area contributed by atoms with E-state index in [9.17, 15) is 28.2 Å². The summed E-state index contributed by atoms with van der Waals surface area (Å²) in [5.41, 5.74) is -3.17. The van der Waals surface area contributed by atoms with E-state index in [1.165, 1.54) is 33.3 Å². The SMILES string of the molecule is C.CCO/N=C1\C[C@@H](C)O[C@@H](O[C@@H]2[C@@H](C)[C@H](O[C@H]3C[C@@H](C)N(C)C[C@H](C)O3)[C@@H](C)C(=O)O[C@H]([C@@H](C)CO[C@@H]3O[C@H](C)[C@@H](O)[C@@H](OC)[C@H]3OC)[C@H](C)[C@@H](OC(=O)CC(C)C)[C@@H](C)C(=O)[C@@](C)(OC(=O)NC(C)(C)CNS(=O)(=O)c3ccccc3)C[C@@H]2C)[C@@H]1O. The standard InChI is InChI=1S/C62H104N4O20S.CH4/c1-20-78-65-45-28-37(7)80-58(49(45)69)85-50-34(4)29-62(16,86-60(72)64-61(14,15)32-63-87(73,74)44-24-22-21-23-25-44)56(70)41(11)52(82-46(67)26-33(2)3)40(10)51(35(5)31-77-59-55(76-19)54(75-18)48(68)43(13)81-59)84-57(71)42(12)53(39(50)9)83-47-27-36(6)66(17)30-38(8)79-47;/h21-25,33-43,47-55,58-59,63,68-69H,20,26-32H2,1-19H3,(H,64,72);1H4/b65-45+;/t34-,35-,36+,37+,38-,39+,40-,41+,42+,43+,47-,48+,49+,50-,51+,52+,53-,54+,55+,58-,59+,62-;/m0./s1. The molecule has 24 nitrogen and oxygen atoms in total. The monoisotopic (exact) mass is 1270 g/mol. The minimum absolute atomic E-state index is 0. The van der Waals surface area contributed by atoms with Gasteiger partial charge >= 0.3 is 18.0 Å². The van der Waals surface area contributed by atoms with E-state index in [4.69, 9.17) is 56.9 Å². The first kappa shape index (κ1) is 76.5. The zero-order chi connectivity index (χ0) is 65.0. The predicted molar refractivity (Wildman–Crippen MR) is 327 cm³/mol. The quantitative estimate of drug-likeness (QED) is 0.0559. The minimum Gasteiger partial charge on any atom is -0.461 e. The highest BCUT2D eigenvalue weighted by molar-refractivity contribution is 7.89. The first-order chi connectivity index (χ1) is 40.7. The molecule has 4 aliphatic heterocycles. The van der Waals surface area contributed by atoms with Gasteiger partial charge in [0.05, 0.1) is 65.1 Å². The van der Waals surface area contributed by atoms with Crippen LogP contribution in [0.1, 0.15) is 144 Å². The molecule has 0 aliphatic carbocycles. The van der Waals surface area contributed by atoms with E-state index in [-0.39, 0.29) is 75.1 Å². The maximum atomic E-state index is 16.1. The lowest BCUT2D eigenvalue weighted by Crippen LogP contribution is -2.59. The lowest BCUT2D eigenvalue weighted by Gasteiger charge is -2.45. The zero-order valence-corrected chi connectivity index (χ0v) is 55.6. The number of ether oxygens (including phenoxy) is 11. The smallest absolute Gasteiger partial charge is 0.408 e. The molecule has 5 rings (SSSR count). The Morgan fingerprint density at radius 1 is 0.852 bits per heavy atom. The maximum Gasteiger partial charge on any atom is 0.408 e. The number of Topliss-reactive ketones (excluding diaryl/α,β-unsaturated/α-hetero) is 1. The number of nitrogens with one attached hydrogen (secondary N) is 2. The van der Waals surface area contributed by atoms with Gasteiger partial charge in [-0.05, 0) is 99.8 Å². The molecule has 4 fully saturated rings. The number of hydrogen-bond donors (Lipinski definition) is 4. The zero-order valence-electron chi connectivity index (χ0n) is 54.8. The van der Waals surface area contributed by atoms with Crippen molar-refractivity contribution >= 4 is 39.6 Å². The van der Waals surface area contributed by atoms with E-state index in [1.54, 1.807) is 87.4 Å². The van der Waals surface area contributed by atoms with Gasteiger partial charge in [0, 0.05) is 70.4 Å². The maximum absolute atomic E-state index is 16.1. The van der Waals surface area contributed by atoms with Gasteiger partial charge in [-0.15, -0.1) is 0 Å². The van der Waals surface area contributed by atoms with Gasteiger partial charge in [0.2, 0.25) is 10.0 Å². The number of aliphatic hydroxyl groups excluding tert-OH is 2. The number of likely N-dealkylation sites (N-methyl/N-ethyl adjacent to an activating group) is 1. The van der Waals surface area contributed by atoms with E-state index in [0.717, 1.165) is 0 Å². The van der Waals surface area contributed by atoms with Crippen LogP contribution in [0.5, 0.6) is 0 Å². The van der Waals surface area contributed by atoms with Crippen LogP contribution in [0, 0.1) is 41.4 Å². The normalized spacial score (nSPS) is 36.9. The van der Waals surface area contributed by atoms with E-state index >= 15 is 9.59 Å². The number of carbonyl (C=O) groups is 4. The van der Waals surface area contributed by atoms with Gasteiger partial charge in [-0.25, -0.2) is 17.9 Å². The Hall–Kier alpha value is -3.96. The molecule has 1 aromatic rings. The first-order valence-corrected chi connectivity index (χ1v) is 32.4. The van der Waals surface area contributed by atoms with Crippen molar-refractivity contribution in [2.24, 2.45) is 46.6 Å². The molecule has 1 amide bonds. The molecule has 0 unspecified atom stereocenters. The number of rotatable bonds is 21. The minimum atomic E-state index is -4.03. The Balaban J connectivity index is 0.0000166. The van der Waals surface area contributed by atoms with Crippen molar-refractivity contribution in [3.8, 4) is 0 Å². The predicted octanol–water partition coefficient (Wildman–Crippen LogP) is 6.79. The second-order valence-corrected chi connectivity index (χ2v) is 27.8. The number of hydrogen-bond acceptors (Lipinski definition) is 22. The van der Waals surface area contributed by atoms with Crippen LogP contribution in [-0.4, -0.2) is 204 Å². The molecule has 1 aromatic carbocycles. The van der Waals surface area contributed by atoms with Crippen molar-refractivity contribution in [3.63, 3.8) is 0 Å². The molecule has 0 spiro atoms. The summed E-state index contributed by atoms with van der Waals surface area (Å²) in [4.78, 5) is 68.0. The molecule has 0 radical (unpaired) electrons. The summed E-state index contributed by atoms with van der Waals surface area (Å²) in [7, 11) is 0.843. The lowest BCUT2D eigenvalue weighted by atomic mass is 9.74. The van der Waals surface area contributed by atoms with Gasteiger partial charge in [-0.1, -0.05) is 79.2 Å². The molecule has 4 N–H and O–H groups in total. The van der Waals surface area contributed by atoms with Crippen molar-refractivity contribution in [2.45, 2.75) is 252 Å². The van der Waals surface area contributed by atoms with E-state index < -0.39 is 160 Å². The van der Waals surface area contributed by atoms with Crippen LogP contribution in [0.15, 0.2) is 40.4 Å². The topological polar surface area (TPSA) is 293 Å². The average molecular weight is 1270 g/mol. The van der Waals surface area contributed by atoms with Crippen LogP contribution in [0.2, 0.25) is 0 Å². The summed E-state index contributed by atoms with van der Waals surface area (Å²) in [5.74, 6) is -8.09. The first-order valence-electron chi connectivity index (χ1n) is 30.9. The van der Waals surface area contributed by atoms with Crippen LogP contribution in [0.3, 0.4) is 0 Å². The van der Waals surface area contributed by atoms with E-state index in [2.05, 4.69) is 27.0 Å². The van der Waals surface area contributed by atoms with Crippen LogP contribution in [0.25, 0.3) is 0 Å². The van der Waals surface area contributed by atoms with Crippen LogP contribution in [0.4, 0.5) is 4.79 Å². The van der Waals surface area contributed by atoms with Gasteiger partial charge in [-0.3, -0.25) is 14.4 Å². The molecule has 506 valence electrons. The Kier molecular flexibility index (Phi) is 29.2. The number of methoxy groups -OCH3 is 2. The Labute approximate surface area is 523 Å². The van der Waals surface area contributed by atoms with Crippen molar-refractivity contribution in [2.75, 3.05) is 47.6 Å². The summed E-state index contributed by atoms with van der Waals surface area (Å²) in [6.07, 6.45) is -14.7. The molecule has 88 heavy (non-hydrogen) atoms. The van der Waals surface area contributed by atoms with Gasteiger partial charge in [0.1, 0.15) is 43.2 Å². The van der Waals surface area contributed by atoms with Crippen molar-refractivity contribution in [1.82, 2.24) is 14.9 Å². The fourth-order valence-corrected chi connectivity index (χ4v) is 13.5. The average Bonchev–Trinajstić information content (AvgIpc) is 1.39. The highest BCUT2D eigenvalue weighted by atomic mass is 32.2. The van der Waals surface area contributed by atoms with Gasteiger partial charge in [-0.2, -0.15) is 0 Å². The third kappa shape index (κ3) is 20.3. The third-order valence-electron chi connectivity index (χ3n) is 17.2. The largest absolute Gasteiger partial charge is 0.461 e. The lowest BCUT2D eigenvalue weighted by molar-refractivity contribution is -0.305. The molecule has 0 bridgehead atoms. The number of benzene rings is 1. The third-order valence-corrected chi connectivity index (χ3v) is 18.6. The molecule has 4 heterocycles. The number of nitrogens with zero attached hydrogens (tertiary/aromatic N) is 2. The van der Waals surface area contributed by atoms with Crippen molar-refractivity contribution < 1.29 is 94.8 Å². The molecule has 4 saturated heterocycles. The number of aliphatic hydroxyl groups is 2. The second-order valence-electron chi connectivity index (χ2n) is 26.0. The number of sulfonamides is 1. The summed E-state index contributed by atoms with van der Waals surface area (Å²) in [6, 6.07) is 7.71. The number of oxime groups is 1. The molecule has 22 atom stereocenters. The molecular weight excluding hydrogens is 1160 g/mol. The Morgan fingerprint density at radius 2 is 1.50 bits per heavy atom. The number of ketones is 1. The highest BCUT2D eigenvalue weighted by Gasteiger charge is 2.53. The van der Waals surface area contributed by atoms with Crippen LogP contribution < -0.4 is 10.0 Å². The van der Waals surface area contributed by atoms with Crippen molar-refractivity contribution in [3.05, 3.63) is 30.3 Å². The molecule has 0 aromatic heterocycles. The summed E-state index contributed by atoms with van der Waals surface area (Å²) in [6.45, 7) is 28.2. The van der Waals surface area contributed by atoms with Crippen LogP contribution in [-0.2, 0) is 81.3 Å². The Morgan fingerprint density at radius 3 is 2.11 bits per heavy atom. The van der Waals surface area contributed by atoms with Gasteiger partial charge < -0.3 is 77.4 Å². The van der Waals surface area contributed by atoms with E-state index in [1.807, 2.05) is 34.7 Å². The number of carbonyl (C=O) groups excluding carboxylic acids is 4. The summed E-state index contributed by atoms with van der Waals surface area (Å²) < 4.78 is 100.0.